The quantitative estimate of drug-likeness (QED) is 0.650. The van der Waals surface area contributed by atoms with Crippen LogP contribution in [0.1, 0.15) is 35.7 Å². The highest BCUT2D eigenvalue weighted by Crippen LogP contribution is 2.30. The Bertz CT molecular complexity index is 736. The third-order valence-electron chi connectivity index (χ3n) is 3.95. The van der Waals surface area contributed by atoms with Crippen LogP contribution < -0.4 is 4.74 Å². The van der Waals surface area contributed by atoms with Crippen molar-refractivity contribution in [3.63, 3.8) is 0 Å². The zero-order valence-electron chi connectivity index (χ0n) is 14.6. The predicted molar refractivity (Wildman–Crippen MR) is 94.0 cm³/mol. The molecule has 26 heavy (non-hydrogen) atoms. The molecular formula is C19H22O7. The number of hydrogen-bond donors (Lipinski definition) is 3. The zero-order chi connectivity index (χ0) is 19.3. The summed E-state index contributed by atoms with van der Waals surface area (Å²) in [5, 5.41) is 30.0. The van der Waals surface area contributed by atoms with Crippen molar-refractivity contribution in [1.82, 2.24) is 0 Å². The molecule has 1 aromatic rings. The van der Waals surface area contributed by atoms with Gasteiger partial charge in [-0.1, -0.05) is 18.2 Å². The first-order chi connectivity index (χ1) is 12.3. The van der Waals surface area contributed by atoms with Crippen LogP contribution in [0.2, 0.25) is 0 Å². The van der Waals surface area contributed by atoms with Crippen molar-refractivity contribution in [3.8, 4) is 11.5 Å². The summed E-state index contributed by atoms with van der Waals surface area (Å²) in [4.78, 5) is 24.3. The average molecular weight is 362 g/mol. The van der Waals surface area contributed by atoms with Crippen LogP contribution in [0.15, 0.2) is 30.4 Å². The third-order valence-corrected chi connectivity index (χ3v) is 3.95. The van der Waals surface area contributed by atoms with Crippen LogP contribution in [0.4, 0.5) is 0 Å². The van der Waals surface area contributed by atoms with Gasteiger partial charge >= 0.3 is 5.97 Å². The van der Waals surface area contributed by atoms with E-state index in [0.717, 1.165) is 6.08 Å². The highest BCUT2D eigenvalue weighted by molar-refractivity contribution is 5.97. The Morgan fingerprint density at radius 1 is 1.12 bits per heavy atom. The highest BCUT2D eigenvalue weighted by Gasteiger charge is 2.23. The Labute approximate surface area is 151 Å². The average Bonchev–Trinajstić information content (AvgIpc) is 2.59. The number of rotatable bonds is 1. The molecule has 0 saturated carbocycles. The van der Waals surface area contributed by atoms with E-state index in [2.05, 4.69) is 0 Å². The van der Waals surface area contributed by atoms with Crippen LogP contribution in [-0.4, -0.2) is 52.5 Å². The molecule has 1 aliphatic rings. The number of esters is 1. The molecule has 0 aromatic heterocycles. The second-order valence-electron chi connectivity index (χ2n) is 6.02. The highest BCUT2D eigenvalue weighted by atomic mass is 16.5. The van der Waals surface area contributed by atoms with Crippen molar-refractivity contribution in [1.29, 1.82) is 0 Å². The fourth-order valence-corrected chi connectivity index (χ4v) is 2.51. The smallest absolute Gasteiger partial charge is 0.342 e. The lowest BCUT2D eigenvalue weighted by Gasteiger charge is -2.16. The van der Waals surface area contributed by atoms with Crippen molar-refractivity contribution >= 4 is 17.8 Å². The molecule has 140 valence electrons. The number of fused-ring (bicyclic) bond motifs is 1. The molecule has 0 bridgehead atoms. The van der Waals surface area contributed by atoms with Crippen LogP contribution in [-0.2, 0) is 9.53 Å². The van der Waals surface area contributed by atoms with E-state index in [-0.39, 0.29) is 24.2 Å². The van der Waals surface area contributed by atoms with Crippen LogP contribution in [0.3, 0.4) is 0 Å². The number of ketones is 1. The number of hydrogen-bond acceptors (Lipinski definition) is 7. The lowest BCUT2D eigenvalue weighted by atomic mass is 10.0. The Morgan fingerprint density at radius 3 is 2.50 bits per heavy atom. The van der Waals surface area contributed by atoms with Gasteiger partial charge in [0.1, 0.15) is 29.3 Å². The SMILES string of the molecule is COc1cc(O)c2c(c1)C=CC[C@H](O)[C@@H](O)C(=O)C=CC[C@H](C)OC2=O. The summed E-state index contributed by atoms with van der Waals surface area (Å²) in [7, 11) is 1.42. The van der Waals surface area contributed by atoms with Gasteiger partial charge in [0.25, 0.3) is 0 Å². The minimum absolute atomic E-state index is 0.0242. The first-order valence-corrected chi connectivity index (χ1v) is 8.18. The van der Waals surface area contributed by atoms with Crippen molar-refractivity contribution < 1.29 is 34.4 Å². The van der Waals surface area contributed by atoms with Crippen LogP contribution in [0.5, 0.6) is 11.5 Å². The van der Waals surface area contributed by atoms with E-state index >= 15 is 0 Å². The number of aliphatic hydroxyl groups is 2. The first-order valence-electron chi connectivity index (χ1n) is 8.18. The Hall–Kier alpha value is -2.64. The molecule has 7 nitrogen and oxygen atoms in total. The molecule has 0 unspecified atom stereocenters. The van der Waals surface area contributed by atoms with E-state index in [4.69, 9.17) is 9.47 Å². The Kier molecular flexibility index (Phi) is 6.54. The molecule has 0 radical (unpaired) electrons. The van der Waals surface area contributed by atoms with E-state index in [0.29, 0.717) is 11.3 Å². The van der Waals surface area contributed by atoms with Gasteiger partial charge in [0, 0.05) is 12.5 Å². The van der Waals surface area contributed by atoms with E-state index in [1.165, 1.54) is 37.5 Å². The Balaban J connectivity index is 2.45. The van der Waals surface area contributed by atoms with Gasteiger partial charge in [0.05, 0.1) is 13.2 Å². The fraction of sp³-hybridized carbons (Fsp3) is 0.368. The number of phenolic OH excluding ortho intramolecular Hbond substituents is 1. The molecule has 0 saturated heterocycles. The van der Waals surface area contributed by atoms with E-state index < -0.39 is 30.1 Å². The Morgan fingerprint density at radius 2 is 1.81 bits per heavy atom. The zero-order valence-corrected chi connectivity index (χ0v) is 14.6. The number of aromatic hydroxyl groups is 1. The third kappa shape index (κ3) is 4.71. The van der Waals surface area contributed by atoms with Crippen molar-refractivity contribution in [2.75, 3.05) is 7.11 Å². The molecule has 1 heterocycles. The predicted octanol–water partition coefficient (Wildman–Crippen LogP) is 1.60. The second kappa shape index (κ2) is 8.64. The molecule has 1 aliphatic heterocycles. The summed E-state index contributed by atoms with van der Waals surface area (Å²) in [5.41, 5.74) is 0.306. The van der Waals surface area contributed by atoms with Crippen LogP contribution in [0.25, 0.3) is 6.08 Å². The molecule has 0 amide bonds. The standard InChI is InChI=1S/C19H22O7/c1-11-5-3-7-14(20)18(23)15(21)8-4-6-12-9-13(25-2)10-16(22)17(12)19(24)26-11/h3-4,6-7,9-11,15,18,21-23H,5,8H2,1-2H3/t11-,15-,18-/m0/s1. The van der Waals surface area contributed by atoms with Gasteiger partial charge in [0.15, 0.2) is 5.78 Å². The monoisotopic (exact) mass is 362 g/mol. The summed E-state index contributed by atoms with van der Waals surface area (Å²) in [6, 6.07) is 2.84. The minimum Gasteiger partial charge on any atom is -0.507 e. The van der Waals surface area contributed by atoms with Gasteiger partial charge in [-0.3, -0.25) is 4.79 Å². The minimum atomic E-state index is -1.55. The summed E-state index contributed by atoms with van der Waals surface area (Å²) < 4.78 is 10.4. The van der Waals surface area contributed by atoms with Gasteiger partial charge in [-0.05, 0) is 31.1 Å². The van der Waals surface area contributed by atoms with Gasteiger partial charge in [0.2, 0.25) is 0 Å². The summed E-state index contributed by atoms with van der Waals surface area (Å²) in [5.74, 6) is -1.29. The summed E-state index contributed by atoms with van der Waals surface area (Å²) in [6.45, 7) is 1.64. The topological polar surface area (TPSA) is 113 Å². The van der Waals surface area contributed by atoms with Gasteiger partial charge < -0.3 is 24.8 Å². The largest absolute Gasteiger partial charge is 0.507 e. The maximum Gasteiger partial charge on any atom is 0.342 e. The lowest BCUT2D eigenvalue weighted by Crippen LogP contribution is -2.32. The number of phenols is 1. The van der Waals surface area contributed by atoms with Gasteiger partial charge in [-0.25, -0.2) is 4.79 Å². The number of benzene rings is 1. The van der Waals surface area contributed by atoms with Crippen molar-refractivity contribution in [2.45, 2.75) is 38.1 Å². The number of cyclic esters (lactones) is 1. The fourth-order valence-electron chi connectivity index (χ4n) is 2.51. The summed E-state index contributed by atoms with van der Waals surface area (Å²) in [6.07, 6.45) is 2.42. The summed E-state index contributed by atoms with van der Waals surface area (Å²) >= 11 is 0. The lowest BCUT2D eigenvalue weighted by molar-refractivity contribution is -0.127. The molecule has 0 aliphatic carbocycles. The van der Waals surface area contributed by atoms with E-state index in [1.807, 2.05) is 0 Å². The number of carbonyl (C=O) groups excluding carboxylic acids is 2. The van der Waals surface area contributed by atoms with E-state index in [1.54, 1.807) is 6.92 Å². The maximum absolute atomic E-state index is 12.4. The van der Waals surface area contributed by atoms with Crippen LogP contribution >= 0.6 is 0 Å². The molecule has 0 spiro atoms. The van der Waals surface area contributed by atoms with Crippen molar-refractivity contribution in [3.05, 3.63) is 41.5 Å². The van der Waals surface area contributed by atoms with Gasteiger partial charge in [-0.2, -0.15) is 0 Å². The van der Waals surface area contributed by atoms with Crippen molar-refractivity contribution in [2.24, 2.45) is 0 Å². The molecule has 2 rings (SSSR count). The number of aliphatic hydroxyl groups excluding tert-OH is 2. The van der Waals surface area contributed by atoms with E-state index in [9.17, 15) is 24.9 Å². The maximum atomic E-state index is 12.4. The van der Waals surface area contributed by atoms with Crippen LogP contribution in [0, 0.1) is 0 Å². The second-order valence-corrected chi connectivity index (χ2v) is 6.02. The molecular weight excluding hydrogens is 340 g/mol. The number of carbonyl (C=O) groups is 2. The molecule has 1 aromatic carbocycles. The molecule has 7 heteroatoms. The first kappa shape index (κ1) is 19.7. The number of ether oxygens (including phenoxy) is 2. The molecule has 0 fully saturated rings. The molecule has 3 N–H and O–H groups in total. The normalized spacial score (nSPS) is 24.5. The number of methoxy groups -OCH3 is 1. The van der Waals surface area contributed by atoms with Gasteiger partial charge in [-0.15, -0.1) is 0 Å². The molecule has 3 atom stereocenters.